The van der Waals surface area contributed by atoms with Gasteiger partial charge in [-0.3, -0.25) is 4.79 Å². The van der Waals surface area contributed by atoms with Crippen LogP contribution in [-0.4, -0.2) is 32.2 Å². The summed E-state index contributed by atoms with van der Waals surface area (Å²) < 4.78 is 26.9. The van der Waals surface area contributed by atoms with Crippen LogP contribution in [0.5, 0.6) is 0 Å². The maximum atomic E-state index is 12.9. The first-order valence-electron chi connectivity index (χ1n) is 9.67. The van der Waals surface area contributed by atoms with Crippen molar-refractivity contribution in [1.29, 1.82) is 0 Å². The summed E-state index contributed by atoms with van der Waals surface area (Å²) in [5, 5.41) is 4.67. The van der Waals surface area contributed by atoms with Gasteiger partial charge in [-0.25, -0.2) is 8.42 Å². The van der Waals surface area contributed by atoms with Crippen molar-refractivity contribution in [3.05, 3.63) is 72.3 Å². The van der Waals surface area contributed by atoms with Crippen molar-refractivity contribution in [1.82, 2.24) is 4.31 Å². The standard InChI is InChI=1S/C23H26N2O3S/c1-4-17(2)21-11-7-8-12-22(21)24-23(26)16-25(3)29(27,28)20-14-13-18-9-5-6-10-19(18)15-20/h5-15,17H,4,16H2,1-3H3,(H,24,26)/t17-/m1/s1. The number of sulfonamides is 1. The zero-order valence-electron chi connectivity index (χ0n) is 16.9. The maximum absolute atomic E-state index is 12.9. The number of amides is 1. The van der Waals surface area contributed by atoms with E-state index in [0.29, 0.717) is 5.92 Å². The van der Waals surface area contributed by atoms with Crippen molar-refractivity contribution in [3.8, 4) is 0 Å². The summed E-state index contributed by atoms with van der Waals surface area (Å²) in [5.74, 6) is -0.0711. The normalized spacial score (nSPS) is 12.8. The lowest BCUT2D eigenvalue weighted by molar-refractivity contribution is -0.116. The van der Waals surface area contributed by atoms with Crippen molar-refractivity contribution in [3.63, 3.8) is 0 Å². The van der Waals surface area contributed by atoms with Crippen molar-refractivity contribution in [2.24, 2.45) is 0 Å². The summed E-state index contributed by atoms with van der Waals surface area (Å²) in [6.45, 7) is 3.93. The minimum Gasteiger partial charge on any atom is -0.325 e. The van der Waals surface area contributed by atoms with E-state index >= 15 is 0 Å². The second kappa shape index (κ2) is 8.76. The number of carbonyl (C=O) groups is 1. The van der Waals surface area contributed by atoms with Crippen molar-refractivity contribution in [2.45, 2.75) is 31.1 Å². The summed E-state index contributed by atoms with van der Waals surface area (Å²) in [6, 6.07) is 20.2. The first-order valence-corrected chi connectivity index (χ1v) is 11.1. The van der Waals surface area contributed by atoms with E-state index in [4.69, 9.17) is 0 Å². The molecule has 152 valence electrons. The molecule has 0 radical (unpaired) electrons. The highest BCUT2D eigenvalue weighted by Gasteiger charge is 2.23. The van der Waals surface area contributed by atoms with E-state index in [0.717, 1.165) is 32.7 Å². The lowest BCUT2D eigenvalue weighted by Gasteiger charge is -2.19. The topological polar surface area (TPSA) is 66.5 Å². The minimum absolute atomic E-state index is 0.173. The molecule has 0 fully saturated rings. The summed E-state index contributed by atoms with van der Waals surface area (Å²) >= 11 is 0. The number of carbonyl (C=O) groups excluding carboxylic acids is 1. The highest BCUT2D eigenvalue weighted by Crippen LogP contribution is 2.26. The van der Waals surface area contributed by atoms with Gasteiger partial charge in [-0.1, -0.05) is 62.4 Å². The second-order valence-corrected chi connectivity index (χ2v) is 9.26. The Morgan fingerprint density at radius 3 is 2.38 bits per heavy atom. The average Bonchev–Trinajstić information content (AvgIpc) is 2.73. The van der Waals surface area contributed by atoms with E-state index in [-0.39, 0.29) is 17.3 Å². The molecule has 0 bridgehead atoms. The molecule has 0 spiro atoms. The molecule has 5 nitrogen and oxygen atoms in total. The Morgan fingerprint density at radius 2 is 1.66 bits per heavy atom. The van der Waals surface area contributed by atoms with Crippen molar-refractivity contribution < 1.29 is 13.2 Å². The van der Waals surface area contributed by atoms with Crippen LogP contribution in [0.2, 0.25) is 0 Å². The van der Waals surface area contributed by atoms with Gasteiger partial charge >= 0.3 is 0 Å². The Balaban J connectivity index is 1.76. The number of benzene rings is 3. The van der Waals surface area contributed by atoms with E-state index in [1.54, 1.807) is 18.2 Å². The van der Waals surface area contributed by atoms with Crippen LogP contribution in [0.15, 0.2) is 71.6 Å². The van der Waals surface area contributed by atoms with Crippen LogP contribution in [0, 0.1) is 0 Å². The van der Waals surface area contributed by atoms with Gasteiger partial charge in [0.1, 0.15) is 0 Å². The van der Waals surface area contributed by atoms with Crippen LogP contribution in [0.3, 0.4) is 0 Å². The molecule has 6 heteroatoms. The van der Waals surface area contributed by atoms with Gasteiger partial charge in [0.25, 0.3) is 0 Å². The van der Waals surface area contributed by atoms with E-state index in [2.05, 4.69) is 19.2 Å². The van der Waals surface area contributed by atoms with Gasteiger partial charge in [0.05, 0.1) is 11.4 Å². The zero-order valence-corrected chi connectivity index (χ0v) is 17.7. The number of rotatable bonds is 7. The molecule has 3 rings (SSSR count). The molecule has 3 aromatic carbocycles. The molecule has 0 aliphatic carbocycles. The number of fused-ring (bicyclic) bond motifs is 1. The van der Waals surface area contributed by atoms with E-state index in [1.807, 2.05) is 48.5 Å². The molecule has 0 aliphatic rings. The van der Waals surface area contributed by atoms with Crippen LogP contribution < -0.4 is 5.32 Å². The highest BCUT2D eigenvalue weighted by molar-refractivity contribution is 7.89. The Labute approximate surface area is 172 Å². The third-order valence-electron chi connectivity index (χ3n) is 5.17. The fraction of sp³-hybridized carbons (Fsp3) is 0.261. The van der Waals surface area contributed by atoms with Crippen LogP contribution >= 0.6 is 0 Å². The summed E-state index contributed by atoms with van der Waals surface area (Å²) in [7, 11) is -2.36. The van der Waals surface area contributed by atoms with Gasteiger partial charge in [-0.15, -0.1) is 0 Å². The van der Waals surface area contributed by atoms with Crippen LogP contribution in [0.4, 0.5) is 5.69 Å². The Hall–Kier alpha value is -2.70. The lowest BCUT2D eigenvalue weighted by Crippen LogP contribution is -2.35. The third-order valence-corrected chi connectivity index (χ3v) is 6.97. The first kappa shape index (κ1) is 21.0. The molecule has 0 saturated heterocycles. The van der Waals surface area contributed by atoms with Gasteiger partial charge in [-0.2, -0.15) is 4.31 Å². The van der Waals surface area contributed by atoms with Gasteiger partial charge in [0.2, 0.25) is 15.9 Å². The smallest absolute Gasteiger partial charge is 0.243 e. The number of hydrogen-bond acceptors (Lipinski definition) is 3. The molecule has 1 atom stereocenters. The van der Waals surface area contributed by atoms with Crippen LogP contribution in [0.1, 0.15) is 31.7 Å². The van der Waals surface area contributed by atoms with Gasteiger partial charge < -0.3 is 5.32 Å². The van der Waals surface area contributed by atoms with E-state index in [9.17, 15) is 13.2 Å². The molecule has 0 unspecified atom stereocenters. The average molecular weight is 411 g/mol. The van der Waals surface area contributed by atoms with Crippen molar-refractivity contribution in [2.75, 3.05) is 18.9 Å². The molecule has 0 aromatic heterocycles. The van der Waals surface area contributed by atoms with E-state index < -0.39 is 10.0 Å². The Kier molecular flexibility index (Phi) is 6.35. The summed E-state index contributed by atoms with van der Waals surface area (Å²) in [5.41, 5.74) is 1.77. The van der Waals surface area contributed by atoms with E-state index in [1.165, 1.54) is 7.05 Å². The first-order chi connectivity index (χ1) is 13.8. The quantitative estimate of drug-likeness (QED) is 0.618. The number of likely N-dealkylation sites (N-methyl/N-ethyl adjacent to an activating group) is 1. The molecule has 1 N–H and O–H groups in total. The fourth-order valence-corrected chi connectivity index (χ4v) is 4.41. The Bertz CT molecular complexity index is 1130. The molecule has 3 aromatic rings. The summed E-state index contributed by atoms with van der Waals surface area (Å²) in [4.78, 5) is 12.7. The lowest BCUT2D eigenvalue weighted by atomic mass is 9.97. The second-order valence-electron chi connectivity index (χ2n) is 7.21. The fourth-order valence-electron chi connectivity index (χ4n) is 3.25. The monoisotopic (exact) mass is 410 g/mol. The van der Waals surface area contributed by atoms with Crippen LogP contribution in [-0.2, 0) is 14.8 Å². The number of para-hydroxylation sites is 1. The summed E-state index contributed by atoms with van der Waals surface area (Å²) in [6.07, 6.45) is 0.948. The molecule has 0 saturated carbocycles. The molecular weight excluding hydrogens is 384 g/mol. The van der Waals surface area contributed by atoms with Gasteiger partial charge in [0.15, 0.2) is 0 Å². The molecular formula is C23H26N2O3S. The third kappa shape index (κ3) is 4.66. The largest absolute Gasteiger partial charge is 0.325 e. The maximum Gasteiger partial charge on any atom is 0.243 e. The molecule has 0 aliphatic heterocycles. The van der Waals surface area contributed by atoms with Crippen molar-refractivity contribution >= 4 is 32.4 Å². The molecule has 29 heavy (non-hydrogen) atoms. The minimum atomic E-state index is -3.78. The SMILES string of the molecule is CC[C@@H](C)c1ccccc1NC(=O)CN(C)S(=O)(=O)c1ccc2ccccc2c1. The van der Waals surface area contributed by atoms with Gasteiger partial charge in [-0.05, 0) is 46.9 Å². The predicted molar refractivity (Wildman–Crippen MR) is 118 cm³/mol. The number of nitrogens with one attached hydrogen (secondary N) is 1. The molecule has 1 amide bonds. The highest BCUT2D eigenvalue weighted by atomic mass is 32.2. The number of hydrogen-bond donors (Lipinski definition) is 1. The Morgan fingerprint density at radius 1 is 1.00 bits per heavy atom. The number of anilines is 1. The zero-order chi connectivity index (χ0) is 21.0. The molecule has 0 heterocycles. The van der Waals surface area contributed by atoms with Gasteiger partial charge in [0, 0.05) is 12.7 Å². The predicted octanol–water partition coefficient (Wildman–Crippen LogP) is 4.61. The van der Waals surface area contributed by atoms with Crippen LogP contribution in [0.25, 0.3) is 10.8 Å². The number of nitrogens with zero attached hydrogens (tertiary/aromatic N) is 1.